The second kappa shape index (κ2) is 5.89. The predicted molar refractivity (Wildman–Crippen MR) is 82.8 cm³/mol. The highest BCUT2D eigenvalue weighted by Gasteiger charge is 2.31. The molecule has 0 aliphatic carbocycles. The third kappa shape index (κ3) is 2.83. The van der Waals surface area contributed by atoms with Crippen LogP contribution >= 0.6 is 11.6 Å². The van der Waals surface area contributed by atoms with E-state index < -0.39 is 0 Å². The largest absolute Gasteiger partial charge is 0.409 e. The molecule has 0 amide bonds. The first-order valence-corrected chi connectivity index (χ1v) is 7.00. The van der Waals surface area contributed by atoms with Gasteiger partial charge in [-0.2, -0.15) is 0 Å². The van der Waals surface area contributed by atoms with Gasteiger partial charge in [0, 0.05) is 30.4 Å². The van der Waals surface area contributed by atoms with Crippen LogP contribution in [0.5, 0.6) is 0 Å². The monoisotopic (exact) mass is 296 g/mol. The van der Waals surface area contributed by atoms with Gasteiger partial charge in [-0.3, -0.25) is 0 Å². The molecule has 20 heavy (non-hydrogen) atoms. The zero-order valence-electron chi connectivity index (χ0n) is 12.0. The average Bonchev–Trinajstić information content (AvgIpc) is 2.80. The molecular weight excluding hydrogens is 276 g/mol. The number of hydrogen-bond acceptors (Lipinski definition) is 4. The van der Waals surface area contributed by atoms with Crippen LogP contribution in [0.4, 0.5) is 5.69 Å². The van der Waals surface area contributed by atoms with E-state index in [0.717, 1.165) is 18.8 Å². The number of hydrogen-bond donors (Lipinski definition) is 2. The predicted octanol–water partition coefficient (Wildman–Crippen LogP) is 1.82. The first kappa shape index (κ1) is 14.9. The Morgan fingerprint density at radius 1 is 1.45 bits per heavy atom. The van der Waals surface area contributed by atoms with Crippen LogP contribution in [0.25, 0.3) is 0 Å². The van der Waals surface area contributed by atoms with Crippen molar-refractivity contribution in [2.45, 2.75) is 13.0 Å². The Kier molecular flexibility index (Phi) is 4.40. The number of nitrogens with two attached hydrogens (primary N) is 1. The first-order chi connectivity index (χ1) is 9.43. The van der Waals surface area contributed by atoms with Crippen molar-refractivity contribution in [3.05, 3.63) is 28.8 Å². The van der Waals surface area contributed by atoms with E-state index in [1.54, 1.807) is 6.07 Å². The zero-order valence-corrected chi connectivity index (χ0v) is 12.8. The lowest BCUT2D eigenvalue weighted by Gasteiger charge is -2.23. The van der Waals surface area contributed by atoms with Crippen molar-refractivity contribution in [1.82, 2.24) is 4.90 Å². The number of nitrogens with zero attached hydrogens (tertiary/aromatic N) is 3. The summed E-state index contributed by atoms with van der Waals surface area (Å²) in [5, 5.41) is 12.2. The van der Waals surface area contributed by atoms with Crippen molar-refractivity contribution < 1.29 is 5.21 Å². The molecule has 5 nitrogen and oxygen atoms in total. The van der Waals surface area contributed by atoms with E-state index in [1.807, 2.05) is 12.1 Å². The summed E-state index contributed by atoms with van der Waals surface area (Å²) in [5.74, 6) is 0.634. The summed E-state index contributed by atoms with van der Waals surface area (Å²) in [6, 6.07) is 6.17. The minimum atomic E-state index is 0.0301. The smallest absolute Gasteiger partial charge is 0.171 e. The van der Waals surface area contributed by atoms with Crippen LogP contribution in [0.1, 0.15) is 12.5 Å². The number of likely N-dealkylation sites (N-methyl/N-ethyl adjacent to an activating group) is 1. The van der Waals surface area contributed by atoms with Gasteiger partial charge in [0.25, 0.3) is 0 Å². The van der Waals surface area contributed by atoms with Gasteiger partial charge in [0.1, 0.15) is 0 Å². The molecule has 0 bridgehead atoms. The van der Waals surface area contributed by atoms with Crippen LogP contribution in [-0.2, 0) is 0 Å². The Morgan fingerprint density at radius 2 is 2.15 bits per heavy atom. The topological polar surface area (TPSA) is 65.1 Å². The molecule has 0 aromatic heterocycles. The van der Waals surface area contributed by atoms with E-state index in [4.69, 9.17) is 22.5 Å². The lowest BCUT2D eigenvalue weighted by Crippen LogP contribution is -2.34. The average molecular weight is 297 g/mol. The van der Waals surface area contributed by atoms with E-state index in [0.29, 0.717) is 22.5 Å². The highest BCUT2D eigenvalue weighted by Crippen LogP contribution is 2.29. The van der Waals surface area contributed by atoms with Gasteiger partial charge in [0.15, 0.2) is 5.84 Å². The summed E-state index contributed by atoms with van der Waals surface area (Å²) in [6.45, 7) is 4.24. The highest BCUT2D eigenvalue weighted by molar-refractivity contribution is 6.34. The van der Waals surface area contributed by atoms with Gasteiger partial charge < -0.3 is 20.7 Å². The van der Waals surface area contributed by atoms with Gasteiger partial charge in [-0.25, -0.2) is 0 Å². The highest BCUT2D eigenvalue weighted by atomic mass is 35.5. The SMILES string of the molecule is CC1CN(c2ccc(/C(N)=N/O)c(Cl)c2)CC1N(C)C. The van der Waals surface area contributed by atoms with E-state index in [-0.39, 0.29) is 5.84 Å². The minimum Gasteiger partial charge on any atom is -0.409 e. The van der Waals surface area contributed by atoms with Crippen LogP contribution in [0.3, 0.4) is 0 Å². The standard InChI is InChI=1S/C14H21ClN4O/c1-9-7-19(8-13(9)18(2)3)10-4-5-11(12(15)6-10)14(16)17-20/h4-6,9,13,20H,7-8H2,1-3H3,(H2,16,17). The van der Waals surface area contributed by atoms with Crippen LogP contribution in [0, 0.1) is 5.92 Å². The quantitative estimate of drug-likeness (QED) is 0.386. The van der Waals surface area contributed by atoms with Gasteiger partial charge >= 0.3 is 0 Å². The Bertz CT molecular complexity index is 518. The van der Waals surface area contributed by atoms with Crippen molar-refractivity contribution in [3.63, 3.8) is 0 Å². The minimum absolute atomic E-state index is 0.0301. The molecule has 0 saturated carbocycles. The lowest BCUT2D eigenvalue weighted by atomic mass is 10.1. The number of amidine groups is 1. The van der Waals surface area contributed by atoms with Crippen LogP contribution in [-0.4, -0.2) is 49.2 Å². The fourth-order valence-corrected chi connectivity index (χ4v) is 3.07. The molecule has 2 rings (SSSR count). The van der Waals surface area contributed by atoms with E-state index in [1.165, 1.54) is 0 Å². The van der Waals surface area contributed by atoms with Crippen LogP contribution < -0.4 is 10.6 Å². The molecule has 6 heteroatoms. The van der Waals surface area contributed by atoms with Gasteiger partial charge in [-0.05, 0) is 38.2 Å². The van der Waals surface area contributed by atoms with Crippen molar-refractivity contribution in [3.8, 4) is 0 Å². The van der Waals surface area contributed by atoms with Crippen LogP contribution in [0.15, 0.2) is 23.4 Å². The molecule has 1 fully saturated rings. The summed E-state index contributed by atoms with van der Waals surface area (Å²) in [4.78, 5) is 4.58. The molecular formula is C14H21ClN4O. The molecule has 2 atom stereocenters. The van der Waals surface area contributed by atoms with E-state index in [2.05, 4.69) is 36.0 Å². The Labute approximate surface area is 124 Å². The molecule has 0 spiro atoms. The first-order valence-electron chi connectivity index (χ1n) is 6.63. The van der Waals surface area contributed by atoms with E-state index >= 15 is 0 Å². The molecule has 3 N–H and O–H groups in total. The van der Waals surface area contributed by atoms with Crippen molar-refractivity contribution in [1.29, 1.82) is 0 Å². The number of oxime groups is 1. The van der Waals surface area contributed by atoms with Gasteiger partial charge in [0.2, 0.25) is 0 Å². The summed E-state index contributed by atoms with van der Waals surface area (Å²) >= 11 is 6.21. The second-order valence-electron chi connectivity index (χ2n) is 5.56. The van der Waals surface area contributed by atoms with Gasteiger partial charge in [-0.1, -0.05) is 23.7 Å². The number of anilines is 1. The number of rotatable bonds is 3. The van der Waals surface area contributed by atoms with Crippen molar-refractivity contribution in [2.24, 2.45) is 16.8 Å². The van der Waals surface area contributed by atoms with Gasteiger partial charge in [0.05, 0.1) is 5.02 Å². The normalized spacial score (nSPS) is 23.6. The molecule has 1 aliphatic heterocycles. The van der Waals surface area contributed by atoms with Crippen molar-refractivity contribution >= 4 is 23.1 Å². The second-order valence-corrected chi connectivity index (χ2v) is 5.97. The summed E-state index contributed by atoms with van der Waals surface area (Å²) in [6.07, 6.45) is 0. The Balaban J connectivity index is 2.21. The number of benzene rings is 1. The Hall–Kier alpha value is -1.46. The fraction of sp³-hybridized carbons (Fsp3) is 0.500. The molecule has 0 radical (unpaired) electrons. The molecule has 110 valence electrons. The molecule has 1 heterocycles. The molecule has 2 unspecified atom stereocenters. The molecule has 1 saturated heterocycles. The maximum Gasteiger partial charge on any atom is 0.171 e. The lowest BCUT2D eigenvalue weighted by molar-refractivity contribution is 0.266. The van der Waals surface area contributed by atoms with Gasteiger partial charge in [-0.15, -0.1) is 0 Å². The molecule has 1 aliphatic rings. The third-order valence-electron chi connectivity index (χ3n) is 3.94. The summed E-state index contributed by atoms with van der Waals surface area (Å²) < 4.78 is 0. The maximum atomic E-state index is 8.71. The summed E-state index contributed by atoms with van der Waals surface area (Å²) in [5.41, 5.74) is 7.20. The molecule has 1 aromatic carbocycles. The molecule has 1 aromatic rings. The third-order valence-corrected chi connectivity index (χ3v) is 4.25. The Morgan fingerprint density at radius 3 is 2.65 bits per heavy atom. The maximum absolute atomic E-state index is 8.71. The zero-order chi connectivity index (χ0) is 14.9. The van der Waals surface area contributed by atoms with Crippen LogP contribution in [0.2, 0.25) is 5.02 Å². The number of halogens is 1. The summed E-state index contributed by atoms with van der Waals surface area (Å²) in [7, 11) is 4.22. The van der Waals surface area contributed by atoms with E-state index in [9.17, 15) is 0 Å². The van der Waals surface area contributed by atoms with Crippen molar-refractivity contribution in [2.75, 3.05) is 32.1 Å². The fourth-order valence-electron chi connectivity index (χ4n) is 2.79.